The lowest BCUT2D eigenvalue weighted by Crippen LogP contribution is -2.12. The second-order valence-corrected chi connectivity index (χ2v) is 6.05. The van der Waals surface area contributed by atoms with Crippen molar-refractivity contribution >= 4 is 21.9 Å². The Kier molecular flexibility index (Phi) is 7.28. The van der Waals surface area contributed by atoms with Crippen LogP contribution in [-0.4, -0.2) is 26.5 Å². The number of carbonyl (C=O) groups is 1. The number of rotatable bonds is 8. The van der Waals surface area contributed by atoms with Gasteiger partial charge in [0.25, 0.3) is 0 Å². The highest BCUT2D eigenvalue weighted by Gasteiger charge is 2.23. The molecular weight excluding hydrogens is 388 g/mol. The molecule has 0 saturated heterocycles. The predicted octanol–water partition coefficient (Wildman–Crippen LogP) is 4.50. The quantitative estimate of drug-likeness (QED) is 0.475. The lowest BCUT2D eigenvalue weighted by molar-refractivity contribution is 0.0431. The third-order valence-corrected chi connectivity index (χ3v) is 4.17. The fourth-order valence-electron chi connectivity index (χ4n) is 2.28. The Labute approximate surface area is 156 Å². The van der Waals surface area contributed by atoms with E-state index in [0.717, 1.165) is 5.56 Å². The molecule has 0 unspecified atom stereocenters. The van der Waals surface area contributed by atoms with E-state index in [4.69, 9.17) is 18.9 Å². The molecule has 0 atom stereocenters. The van der Waals surface area contributed by atoms with Gasteiger partial charge in [0, 0.05) is 7.11 Å². The average molecular weight is 409 g/mol. The molecule has 0 aliphatic heterocycles. The third kappa shape index (κ3) is 4.96. The van der Waals surface area contributed by atoms with Crippen molar-refractivity contribution in [2.45, 2.75) is 20.5 Å². The molecule has 0 saturated carbocycles. The molecule has 0 fully saturated rings. The molecular formula is C19H21BrO5. The minimum absolute atomic E-state index is 0.00653. The zero-order valence-corrected chi connectivity index (χ0v) is 16.1. The van der Waals surface area contributed by atoms with Crippen molar-refractivity contribution in [1.29, 1.82) is 0 Å². The second-order valence-electron chi connectivity index (χ2n) is 5.26. The van der Waals surface area contributed by atoms with Crippen LogP contribution >= 0.6 is 15.9 Å². The lowest BCUT2D eigenvalue weighted by Gasteiger charge is -2.18. The van der Waals surface area contributed by atoms with Crippen LogP contribution in [0.15, 0.2) is 40.9 Å². The second kappa shape index (κ2) is 9.44. The number of ether oxygens (including phenoxy) is 4. The van der Waals surface area contributed by atoms with Crippen LogP contribution in [0, 0.1) is 6.92 Å². The van der Waals surface area contributed by atoms with E-state index >= 15 is 0 Å². The van der Waals surface area contributed by atoms with Crippen molar-refractivity contribution in [3.8, 4) is 11.5 Å². The largest absolute Gasteiger partial charge is 0.488 e. The number of benzene rings is 2. The first-order valence-corrected chi connectivity index (χ1v) is 8.66. The highest BCUT2D eigenvalue weighted by Crippen LogP contribution is 2.40. The van der Waals surface area contributed by atoms with Gasteiger partial charge in [0.05, 0.1) is 6.61 Å². The predicted molar refractivity (Wildman–Crippen MR) is 98.1 cm³/mol. The van der Waals surface area contributed by atoms with E-state index < -0.39 is 5.97 Å². The van der Waals surface area contributed by atoms with Gasteiger partial charge in [-0.2, -0.15) is 0 Å². The average Bonchev–Trinajstić information content (AvgIpc) is 2.61. The third-order valence-electron chi connectivity index (χ3n) is 3.42. The van der Waals surface area contributed by atoms with Crippen molar-refractivity contribution in [3.63, 3.8) is 0 Å². The summed E-state index contributed by atoms with van der Waals surface area (Å²) in [7, 11) is 1.51. The molecule has 5 nitrogen and oxygen atoms in total. The van der Waals surface area contributed by atoms with Crippen molar-refractivity contribution in [2.24, 2.45) is 0 Å². The molecule has 134 valence electrons. The fraction of sp³-hybridized carbons (Fsp3) is 0.316. The molecule has 0 aliphatic rings. The molecule has 6 heteroatoms. The first kappa shape index (κ1) is 19.3. The Hall–Kier alpha value is -2.05. The van der Waals surface area contributed by atoms with Crippen molar-refractivity contribution in [1.82, 2.24) is 0 Å². The summed E-state index contributed by atoms with van der Waals surface area (Å²) in [5.41, 5.74) is 2.11. The van der Waals surface area contributed by atoms with Crippen molar-refractivity contribution < 1.29 is 23.7 Å². The first-order valence-electron chi connectivity index (χ1n) is 7.87. The van der Waals surface area contributed by atoms with E-state index in [2.05, 4.69) is 15.9 Å². The summed E-state index contributed by atoms with van der Waals surface area (Å²) in [5.74, 6) is 0.491. The summed E-state index contributed by atoms with van der Waals surface area (Å²) in [6.07, 6.45) is 0. The smallest absolute Gasteiger partial charge is 0.342 e. The van der Waals surface area contributed by atoms with Crippen LogP contribution in [0.2, 0.25) is 0 Å². The van der Waals surface area contributed by atoms with E-state index in [9.17, 15) is 4.79 Å². The van der Waals surface area contributed by atoms with Crippen LogP contribution in [0.5, 0.6) is 11.5 Å². The number of methoxy groups -OCH3 is 1. The first-order chi connectivity index (χ1) is 12.1. The molecule has 0 radical (unpaired) electrons. The number of hydrogen-bond donors (Lipinski definition) is 0. The molecule has 0 aromatic heterocycles. The Bertz CT molecular complexity index is 715. The zero-order chi connectivity index (χ0) is 18.2. The van der Waals surface area contributed by atoms with Crippen LogP contribution in [0.1, 0.15) is 28.4 Å². The van der Waals surface area contributed by atoms with Crippen LogP contribution in [-0.2, 0) is 16.1 Å². The lowest BCUT2D eigenvalue weighted by atomic mass is 10.1. The van der Waals surface area contributed by atoms with Gasteiger partial charge in [-0.15, -0.1) is 0 Å². The Morgan fingerprint density at radius 3 is 2.52 bits per heavy atom. The van der Waals surface area contributed by atoms with Gasteiger partial charge in [0.15, 0.2) is 12.5 Å². The van der Waals surface area contributed by atoms with E-state index in [1.807, 2.05) is 37.3 Å². The highest BCUT2D eigenvalue weighted by atomic mass is 79.9. The zero-order valence-electron chi connectivity index (χ0n) is 14.5. The molecule has 0 bridgehead atoms. The van der Waals surface area contributed by atoms with E-state index in [1.54, 1.807) is 13.0 Å². The van der Waals surface area contributed by atoms with Gasteiger partial charge in [-0.05, 0) is 47.0 Å². The fourth-order valence-corrected chi connectivity index (χ4v) is 2.83. The molecule has 2 aromatic rings. The van der Waals surface area contributed by atoms with E-state index in [1.165, 1.54) is 7.11 Å². The number of esters is 1. The maximum absolute atomic E-state index is 12.3. The van der Waals surface area contributed by atoms with Gasteiger partial charge in [0.2, 0.25) is 0 Å². The minimum Gasteiger partial charge on any atom is -0.488 e. The van der Waals surface area contributed by atoms with Gasteiger partial charge < -0.3 is 18.9 Å². The van der Waals surface area contributed by atoms with Gasteiger partial charge in [-0.1, -0.05) is 30.3 Å². The molecule has 2 aromatic carbocycles. The number of hydrogen-bond acceptors (Lipinski definition) is 5. The maximum atomic E-state index is 12.3. The summed E-state index contributed by atoms with van der Waals surface area (Å²) < 4.78 is 22.2. The molecule has 2 rings (SSSR count). The normalized spacial score (nSPS) is 10.4. The number of aryl methyl sites for hydroxylation is 1. The topological polar surface area (TPSA) is 54.0 Å². The van der Waals surface area contributed by atoms with Crippen molar-refractivity contribution in [3.05, 3.63) is 57.6 Å². The van der Waals surface area contributed by atoms with E-state index in [-0.39, 0.29) is 13.4 Å². The monoisotopic (exact) mass is 408 g/mol. The summed E-state index contributed by atoms with van der Waals surface area (Å²) in [6, 6.07) is 11.6. The van der Waals surface area contributed by atoms with Crippen molar-refractivity contribution in [2.75, 3.05) is 20.5 Å². The molecule has 0 spiro atoms. The van der Waals surface area contributed by atoms with Crippen LogP contribution in [0.25, 0.3) is 0 Å². The van der Waals surface area contributed by atoms with Gasteiger partial charge >= 0.3 is 5.97 Å². The summed E-state index contributed by atoms with van der Waals surface area (Å²) in [4.78, 5) is 12.3. The minimum atomic E-state index is -0.443. The van der Waals surface area contributed by atoms with Crippen LogP contribution in [0.3, 0.4) is 0 Å². The number of carbonyl (C=O) groups excluding carboxylic acids is 1. The SMILES string of the molecule is CCOC(=O)c1c(C)cc(OCc2ccccc2)c(Br)c1OCOC. The highest BCUT2D eigenvalue weighted by molar-refractivity contribution is 9.10. The molecule has 0 aliphatic carbocycles. The van der Waals surface area contributed by atoms with Crippen LogP contribution < -0.4 is 9.47 Å². The molecule has 0 heterocycles. The molecule has 25 heavy (non-hydrogen) atoms. The number of halogens is 1. The standard InChI is InChI=1S/C19H21BrO5/c1-4-23-19(21)16-13(2)10-15(17(20)18(16)25-12-22-3)24-11-14-8-6-5-7-9-14/h5-10H,4,11-12H2,1-3H3. The van der Waals surface area contributed by atoms with E-state index in [0.29, 0.717) is 33.7 Å². The Morgan fingerprint density at radius 1 is 1.16 bits per heavy atom. The Morgan fingerprint density at radius 2 is 1.88 bits per heavy atom. The summed E-state index contributed by atoms with van der Waals surface area (Å²) in [6.45, 7) is 4.27. The van der Waals surface area contributed by atoms with Gasteiger partial charge in [-0.25, -0.2) is 4.79 Å². The summed E-state index contributed by atoms with van der Waals surface area (Å²) in [5, 5.41) is 0. The Balaban J connectivity index is 2.34. The summed E-state index contributed by atoms with van der Waals surface area (Å²) >= 11 is 3.48. The molecule has 0 N–H and O–H groups in total. The van der Waals surface area contributed by atoms with Crippen LogP contribution in [0.4, 0.5) is 0 Å². The van der Waals surface area contributed by atoms with Gasteiger partial charge in [0.1, 0.15) is 22.4 Å². The molecule has 0 amide bonds. The van der Waals surface area contributed by atoms with Gasteiger partial charge in [-0.3, -0.25) is 0 Å². The maximum Gasteiger partial charge on any atom is 0.342 e.